The van der Waals surface area contributed by atoms with Crippen LogP contribution in [0.2, 0.25) is 0 Å². The van der Waals surface area contributed by atoms with Gasteiger partial charge in [0.05, 0.1) is 23.7 Å². The number of aliphatic hydroxyl groups excluding tert-OH is 1. The summed E-state index contributed by atoms with van der Waals surface area (Å²) in [5, 5.41) is 28.6. The van der Waals surface area contributed by atoms with E-state index in [0.717, 1.165) is 37.2 Å². The van der Waals surface area contributed by atoms with Crippen molar-refractivity contribution in [1.29, 1.82) is 0 Å². The number of anilines is 4. The van der Waals surface area contributed by atoms with Crippen LogP contribution in [0.1, 0.15) is 25.3 Å². The van der Waals surface area contributed by atoms with Gasteiger partial charge < -0.3 is 30.3 Å². The third-order valence-electron chi connectivity index (χ3n) is 7.31. The molecule has 2 saturated heterocycles. The number of nitrogens with one attached hydrogen (secondary N) is 2. The summed E-state index contributed by atoms with van der Waals surface area (Å²) >= 11 is 0. The van der Waals surface area contributed by atoms with E-state index in [1.54, 1.807) is 12.1 Å². The third-order valence-corrected chi connectivity index (χ3v) is 7.31. The molecule has 0 amide bonds. The Kier molecular flexibility index (Phi) is 8.04. The minimum atomic E-state index is -0.373. The van der Waals surface area contributed by atoms with Crippen molar-refractivity contribution in [3.05, 3.63) is 52.1 Å². The molecule has 0 unspecified atom stereocenters. The maximum absolute atomic E-state index is 11.9. The van der Waals surface area contributed by atoms with E-state index in [2.05, 4.69) is 32.6 Å². The first-order chi connectivity index (χ1) is 18.6. The lowest BCUT2D eigenvalue weighted by molar-refractivity contribution is -0.383. The number of fused-ring (bicyclic) bond motifs is 1. The molecule has 2 aliphatic heterocycles. The van der Waals surface area contributed by atoms with Crippen LogP contribution >= 0.6 is 0 Å². The number of aromatic nitrogens is 2. The summed E-state index contributed by atoms with van der Waals surface area (Å²) in [6.45, 7) is 7.60. The molecule has 0 bridgehead atoms. The van der Waals surface area contributed by atoms with Gasteiger partial charge in [0.15, 0.2) is 0 Å². The first kappa shape index (κ1) is 25.9. The van der Waals surface area contributed by atoms with Crippen LogP contribution in [0.4, 0.5) is 28.8 Å². The molecule has 0 aliphatic carbocycles. The Hall–Kier alpha value is -3.70. The van der Waals surface area contributed by atoms with Crippen LogP contribution in [0.25, 0.3) is 10.9 Å². The molecule has 5 rings (SSSR count). The lowest BCUT2D eigenvalue weighted by Gasteiger charge is -2.34. The van der Waals surface area contributed by atoms with Crippen molar-refractivity contribution >= 4 is 39.7 Å². The second-order valence-electron chi connectivity index (χ2n) is 9.74. The number of nitro groups is 1. The lowest BCUT2D eigenvalue weighted by atomic mass is 9.97. The van der Waals surface area contributed by atoms with Crippen molar-refractivity contribution in [2.45, 2.75) is 26.3 Å². The Morgan fingerprint density at radius 1 is 1.08 bits per heavy atom. The summed E-state index contributed by atoms with van der Waals surface area (Å²) in [4.78, 5) is 25.6. The van der Waals surface area contributed by atoms with E-state index in [-0.39, 0.29) is 17.2 Å². The Balaban J connectivity index is 1.49. The van der Waals surface area contributed by atoms with Gasteiger partial charge in [-0.25, -0.2) is 4.98 Å². The Morgan fingerprint density at radius 2 is 1.84 bits per heavy atom. The molecule has 38 heavy (non-hydrogen) atoms. The maximum atomic E-state index is 11.9. The molecular weight excluding hydrogens is 486 g/mol. The van der Waals surface area contributed by atoms with Crippen LogP contribution in [-0.2, 0) is 11.3 Å². The molecule has 11 heteroatoms. The van der Waals surface area contributed by atoms with Gasteiger partial charge >= 0.3 is 0 Å². The molecule has 1 aromatic heterocycles. The minimum absolute atomic E-state index is 0.00252. The van der Waals surface area contributed by atoms with Crippen molar-refractivity contribution in [2.24, 2.45) is 5.92 Å². The number of hydrogen-bond donors (Lipinski definition) is 3. The van der Waals surface area contributed by atoms with Crippen molar-refractivity contribution in [3.8, 4) is 0 Å². The lowest BCUT2D eigenvalue weighted by Crippen LogP contribution is -2.37. The topological polar surface area (TPSA) is 129 Å². The molecule has 3 aromatic rings. The van der Waals surface area contributed by atoms with E-state index in [0.29, 0.717) is 73.7 Å². The highest BCUT2D eigenvalue weighted by Gasteiger charge is 2.23. The summed E-state index contributed by atoms with van der Waals surface area (Å²) in [6, 6.07) is 11.6. The van der Waals surface area contributed by atoms with Crippen molar-refractivity contribution in [1.82, 2.24) is 9.97 Å². The Morgan fingerprint density at radius 3 is 2.55 bits per heavy atom. The normalized spacial score (nSPS) is 16.6. The number of hydrogen-bond acceptors (Lipinski definition) is 10. The molecule has 2 aliphatic rings. The fourth-order valence-corrected chi connectivity index (χ4v) is 5.18. The zero-order valence-corrected chi connectivity index (χ0v) is 21.7. The molecule has 0 saturated carbocycles. The number of piperidine rings is 1. The van der Waals surface area contributed by atoms with Crippen molar-refractivity contribution < 1.29 is 14.8 Å². The average Bonchev–Trinajstić information content (AvgIpc) is 2.96. The quantitative estimate of drug-likeness (QED) is 0.284. The fourth-order valence-electron chi connectivity index (χ4n) is 5.18. The number of nitrogens with zero attached hydrogens (tertiary/aromatic N) is 5. The molecule has 202 valence electrons. The summed E-state index contributed by atoms with van der Waals surface area (Å²) in [5.74, 6) is 1.51. The standard InChI is InChI=1S/C27H35N7O4/c1-2-28-23-16-22-21(15-25(23)34(36)37)26(31-27(30-22)33-11-13-38-14-12-33)29-17-20-5-3-4-6-24(20)32-9-7-19(18-35)8-10-32/h3-6,15-16,19,28,35H,2,7-14,17-18H2,1H3,(H,29,30,31). The molecular formula is C27H35N7O4. The van der Waals surface area contributed by atoms with Crippen LogP contribution in [0.3, 0.4) is 0 Å². The maximum Gasteiger partial charge on any atom is 0.293 e. The van der Waals surface area contributed by atoms with Crippen LogP contribution in [-0.4, -0.2) is 72.5 Å². The predicted octanol–water partition coefficient (Wildman–Crippen LogP) is 3.63. The highest BCUT2D eigenvalue weighted by Crippen LogP contribution is 2.34. The summed E-state index contributed by atoms with van der Waals surface area (Å²) in [5.41, 5.74) is 3.36. The Bertz CT molecular complexity index is 1270. The molecule has 0 spiro atoms. The highest BCUT2D eigenvalue weighted by molar-refractivity contribution is 5.95. The highest BCUT2D eigenvalue weighted by atomic mass is 16.6. The number of benzene rings is 2. The van der Waals surface area contributed by atoms with Gasteiger partial charge in [-0.2, -0.15) is 4.98 Å². The van der Waals surface area contributed by atoms with E-state index in [1.165, 1.54) is 0 Å². The van der Waals surface area contributed by atoms with Crippen molar-refractivity contribution in [2.75, 3.05) is 73.0 Å². The summed E-state index contributed by atoms with van der Waals surface area (Å²) in [6.07, 6.45) is 1.94. The van der Waals surface area contributed by atoms with Crippen LogP contribution in [0, 0.1) is 16.0 Å². The van der Waals surface area contributed by atoms with E-state index < -0.39 is 0 Å². The van der Waals surface area contributed by atoms with Gasteiger partial charge in [0.2, 0.25) is 5.95 Å². The molecule has 2 fully saturated rings. The first-order valence-corrected chi connectivity index (χ1v) is 13.3. The zero-order chi connectivity index (χ0) is 26.5. The summed E-state index contributed by atoms with van der Waals surface area (Å²) in [7, 11) is 0. The van der Waals surface area contributed by atoms with Gasteiger partial charge in [0.25, 0.3) is 5.69 Å². The average molecular weight is 522 g/mol. The van der Waals surface area contributed by atoms with Crippen LogP contribution < -0.4 is 20.4 Å². The van der Waals surface area contributed by atoms with E-state index >= 15 is 0 Å². The molecule has 11 nitrogen and oxygen atoms in total. The van der Waals surface area contributed by atoms with Gasteiger partial charge in [-0.15, -0.1) is 0 Å². The van der Waals surface area contributed by atoms with Gasteiger partial charge in [-0.3, -0.25) is 10.1 Å². The number of morpholine rings is 1. The molecule has 3 N–H and O–H groups in total. The van der Waals surface area contributed by atoms with Gasteiger partial charge in [-0.1, -0.05) is 18.2 Å². The second kappa shape index (κ2) is 11.8. The number of ether oxygens (including phenoxy) is 1. The molecule has 3 heterocycles. The van der Waals surface area contributed by atoms with Gasteiger partial charge in [-0.05, 0) is 43.4 Å². The molecule has 2 aromatic carbocycles. The van der Waals surface area contributed by atoms with E-state index in [1.807, 2.05) is 19.1 Å². The molecule has 0 radical (unpaired) electrons. The zero-order valence-electron chi connectivity index (χ0n) is 21.7. The molecule has 0 atom stereocenters. The second-order valence-corrected chi connectivity index (χ2v) is 9.74. The van der Waals surface area contributed by atoms with Crippen LogP contribution in [0.15, 0.2) is 36.4 Å². The Labute approximate surface area is 222 Å². The SMILES string of the molecule is CCNc1cc2nc(N3CCOCC3)nc(NCc3ccccc3N3CCC(CO)CC3)c2cc1[N+](=O)[O-]. The van der Waals surface area contributed by atoms with E-state index in [4.69, 9.17) is 14.7 Å². The first-order valence-electron chi connectivity index (χ1n) is 13.3. The fraction of sp³-hybridized carbons (Fsp3) is 0.481. The van der Waals surface area contributed by atoms with Crippen molar-refractivity contribution in [3.63, 3.8) is 0 Å². The monoisotopic (exact) mass is 521 g/mol. The van der Waals surface area contributed by atoms with E-state index in [9.17, 15) is 15.2 Å². The number of aliphatic hydroxyl groups is 1. The van der Waals surface area contributed by atoms with Gasteiger partial charge in [0.1, 0.15) is 11.5 Å². The number of rotatable bonds is 9. The minimum Gasteiger partial charge on any atom is -0.396 e. The summed E-state index contributed by atoms with van der Waals surface area (Å²) < 4.78 is 5.51. The smallest absolute Gasteiger partial charge is 0.293 e. The third kappa shape index (κ3) is 5.58. The van der Waals surface area contributed by atoms with Gasteiger partial charge in [0, 0.05) is 63.0 Å². The largest absolute Gasteiger partial charge is 0.396 e. The number of para-hydroxylation sites is 1. The number of nitro benzene ring substituents is 1. The predicted molar refractivity (Wildman–Crippen MR) is 149 cm³/mol. The van der Waals surface area contributed by atoms with Crippen LogP contribution in [0.5, 0.6) is 0 Å².